The number of hydrogen-bond acceptors (Lipinski definition) is 4. The lowest BCUT2D eigenvalue weighted by Gasteiger charge is -2.29. The molecule has 0 amide bonds. The van der Waals surface area contributed by atoms with Crippen molar-refractivity contribution in [3.05, 3.63) is 0 Å². The molecule has 2 unspecified atom stereocenters. The molecule has 0 aromatic carbocycles. The fourth-order valence-electron chi connectivity index (χ4n) is 2.04. The molecule has 2 aliphatic rings. The third-order valence-electron chi connectivity index (χ3n) is 3.23. The van der Waals surface area contributed by atoms with Gasteiger partial charge in [0.15, 0.2) is 0 Å². The number of nitrogens with one attached hydrogen (secondary N) is 1. The molecule has 1 saturated heterocycles. The number of aliphatic hydroxyl groups is 1. The van der Waals surface area contributed by atoms with Crippen LogP contribution in [0.5, 0.6) is 0 Å². The van der Waals surface area contributed by atoms with Crippen LogP contribution >= 0.6 is 0 Å². The Morgan fingerprint density at radius 1 is 1.44 bits per heavy atom. The van der Waals surface area contributed by atoms with Gasteiger partial charge in [-0.15, -0.1) is 0 Å². The van der Waals surface area contributed by atoms with Crippen molar-refractivity contribution in [2.75, 3.05) is 26.4 Å². The van der Waals surface area contributed by atoms with Gasteiger partial charge in [-0.3, -0.25) is 0 Å². The van der Waals surface area contributed by atoms with E-state index in [0.29, 0.717) is 19.3 Å². The zero-order valence-corrected chi connectivity index (χ0v) is 10.1. The van der Waals surface area contributed by atoms with Crippen molar-refractivity contribution < 1.29 is 14.6 Å². The highest BCUT2D eigenvalue weighted by atomic mass is 16.5. The second-order valence-corrected chi connectivity index (χ2v) is 5.29. The van der Waals surface area contributed by atoms with Gasteiger partial charge in [0.2, 0.25) is 0 Å². The Hall–Kier alpha value is -0.160. The van der Waals surface area contributed by atoms with Gasteiger partial charge in [0.05, 0.1) is 31.5 Å². The van der Waals surface area contributed by atoms with E-state index in [1.807, 2.05) is 6.92 Å². The molecule has 0 bridgehead atoms. The first-order chi connectivity index (χ1) is 7.72. The monoisotopic (exact) mass is 229 g/mol. The van der Waals surface area contributed by atoms with E-state index in [9.17, 15) is 5.11 Å². The molecule has 0 spiro atoms. The first-order valence-corrected chi connectivity index (χ1v) is 6.30. The van der Waals surface area contributed by atoms with Crippen LogP contribution < -0.4 is 5.32 Å². The molecule has 4 nitrogen and oxygen atoms in total. The van der Waals surface area contributed by atoms with Crippen LogP contribution in [-0.2, 0) is 9.47 Å². The maximum Gasteiger partial charge on any atom is 0.0809 e. The zero-order chi connectivity index (χ0) is 11.4. The number of hydrogen-bond donors (Lipinski definition) is 2. The fraction of sp³-hybridized carbons (Fsp3) is 1.00. The molecule has 16 heavy (non-hydrogen) atoms. The van der Waals surface area contributed by atoms with E-state index >= 15 is 0 Å². The summed E-state index contributed by atoms with van der Waals surface area (Å²) in [6.45, 7) is 4.21. The van der Waals surface area contributed by atoms with Gasteiger partial charge in [0.1, 0.15) is 0 Å². The van der Waals surface area contributed by atoms with Crippen molar-refractivity contribution in [1.29, 1.82) is 0 Å². The SMILES string of the molecule is CC(CO)(COCC1CCCO1)NC1CC1. The minimum Gasteiger partial charge on any atom is -0.394 e. The van der Waals surface area contributed by atoms with Crippen LogP contribution in [0, 0.1) is 0 Å². The maximum atomic E-state index is 9.38. The van der Waals surface area contributed by atoms with Crippen molar-refractivity contribution >= 4 is 0 Å². The lowest BCUT2D eigenvalue weighted by Crippen LogP contribution is -2.51. The van der Waals surface area contributed by atoms with E-state index < -0.39 is 0 Å². The predicted molar refractivity (Wildman–Crippen MR) is 61.4 cm³/mol. The Morgan fingerprint density at radius 3 is 2.81 bits per heavy atom. The van der Waals surface area contributed by atoms with E-state index in [-0.39, 0.29) is 18.2 Å². The molecule has 0 aromatic rings. The van der Waals surface area contributed by atoms with Crippen LogP contribution in [0.2, 0.25) is 0 Å². The van der Waals surface area contributed by atoms with Crippen LogP contribution in [0.1, 0.15) is 32.6 Å². The third kappa shape index (κ3) is 3.70. The van der Waals surface area contributed by atoms with E-state index in [4.69, 9.17) is 9.47 Å². The average Bonchev–Trinajstić information content (AvgIpc) is 2.92. The molecule has 0 radical (unpaired) electrons. The van der Waals surface area contributed by atoms with Crippen molar-refractivity contribution in [1.82, 2.24) is 5.32 Å². The Labute approximate surface area is 97.3 Å². The summed E-state index contributed by atoms with van der Waals surface area (Å²) in [5.74, 6) is 0. The molecule has 1 heterocycles. The Balaban J connectivity index is 1.64. The van der Waals surface area contributed by atoms with Gasteiger partial charge in [-0.1, -0.05) is 0 Å². The molecule has 1 aliphatic heterocycles. The summed E-state index contributed by atoms with van der Waals surface area (Å²) < 4.78 is 11.1. The molecule has 4 heteroatoms. The molecule has 2 rings (SSSR count). The van der Waals surface area contributed by atoms with Crippen molar-refractivity contribution in [3.63, 3.8) is 0 Å². The second-order valence-electron chi connectivity index (χ2n) is 5.29. The highest BCUT2D eigenvalue weighted by Gasteiger charge is 2.32. The van der Waals surface area contributed by atoms with Crippen LogP contribution in [0.25, 0.3) is 0 Å². The van der Waals surface area contributed by atoms with Gasteiger partial charge in [-0.25, -0.2) is 0 Å². The Morgan fingerprint density at radius 2 is 2.25 bits per heavy atom. The van der Waals surface area contributed by atoms with E-state index in [1.54, 1.807) is 0 Å². The summed E-state index contributed by atoms with van der Waals surface area (Å²) in [6, 6.07) is 0.587. The minimum absolute atomic E-state index is 0.120. The lowest BCUT2D eigenvalue weighted by molar-refractivity contribution is -0.0138. The number of rotatable bonds is 7. The molecule has 94 valence electrons. The smallest absolute Gasteiger partial charge is 0.0809 e. The van der Waals surface area contributed by atoms with Crippen molar-refractivity contribution in [2.24, 2.45) is 0 Å². The van der Waals surface area contributed by atoms with Gasteiger partial charge in [-0.05, 0) is 32.6 Å². The summed E-state index contributed by atoms with van der Waals surface area (Å²) >= 11 is 0. The van der Waals surface area contributed by atoms with Gasteiger partial charge in [0.25, 0.3) is 0 Å². The summed E-state index contributed by atoms with van der Waals surface area (Å²) in [4.78, 5) is 0. The summed E-state index contributed by atoms with van der Waals surface area (Å²) in [6.07, 6.45) is 4.96. The third-order valence-corrected chi connectivity index (χ3v) is 3.23. The second kappa shape index (κ2) is 5.45. The molecule has 0 aromatic heterocycles. The molecular weight excluding hydrogens is 206 g/mol. The van der Waals surface area contributed by atoms with Gasteiger partial charge >= 0.3 is 0 Å². The maximum absolute atomic E-state index is 9.38. The van der Waals surface area contributed by atoms with Crippen LogP contribution in [0.3, 0.4) is 0 Å². The van der Waals surface area contributed by atoms with E-state index in [1.165, 1.54) is 12.8 Å². The summed E-state index contributed by atoms with van der Waals surface area (Å²) in [7, 11) is 0. The normalized spacial score (nSPS) is 29.2. The lowest BCUT2D eigenvalue weighted by atomic mass is 10.1. The molecule has 2 atom stereocenters. The standard InChI is InChI=1S/C12H23NO3/c1-12(8-14,13-10-4-5-10)9-15-7-11-3-2-6-16-11/h10-11,13-14H,2-9H2,1H3. The van der Waals surface area contributed by atoms with E-state index in [2.05, 4.69) is 5.32 Å². The summed E-state index contributed by atoms with van der Waals surface area (Å²) in [5.41, 5.74) is -0.292. The quantitative estimate of drug-likeness (QED) is 0.674. The fourth-order valence-corrected chi connectivity index (χ4v) is 2.04. The van der Waals surface area contributed by atoms with Crippen molar-refractivity contribution in [2.45, 2.75) is 50.3 Å². The number of aliphatic hydroxyl groups excluding tert-OH is 1. The molecule has 2 fully saturated rings. The van der Waals surface area contributed by atoms with Gasteiger partial charge in [0, 0.05) is 12.6 Å². The molecule has 1 aliphatic carbocycles. The Bertz CT molecular complexity index is 214. The van der Waals surface area contributed by atoms with E-state index in [0.717, 1.165) is 19.4 Å². The van der Waals surface area contributed by atoms with Gasteiger partial charge in [-0.2, -0.15) is 0 Å². The van der Waals surface area contributed by atoms with Gasteiger partial charge < -0.3 is 19.9 Å². The van der Waals surface area contributed by atoms with Crippen LogP contribution in [0.4, 0.5) is 0 Å². The first-order valence-electron chi connectivity index (χ1n) is 6.30. The molecule has 2 N–H and O–H groups in total. The topological polar surface area (TPSA) is 50.7 Å². The minimum atomic E-state index is -0.292. The average molecular weight is 229 g/mol. The highest BCUT2D eigenvalue weighted by molar-refractivity contribution is 4.92. The van der Waals surface area contributed by atoms with Crippen LogP contribution in [0.15, 0.2) is 0 Å². The zero-order valence-electron chi connectivity index (χ0n) is 10.1. The Kier molecular flexibility index (Phi) is 4.19. The summed E-state index contributed by atoms with van der Waals surface area (Å²) in [5, 5.41) is 12.8. The van der Waals surface area contributed by atoms with Crippen LogP contribution in [-0.4, -0.2) is 49.2 Å². The first kappa shape index (κ1) is 12.3. The molecule has 1 saturated carbocycles. The van der Waals surface area contributed by atoms with Crippen molar-refractivity contribution in [3.8, 4) is 0 Å². The molecular formula is C12H23NO3. The predicted octanol–water partition coefficient (Wildman–Crippen LogP) is 0.685. The number of ether oxygens (including phenoxy) is 2. The largest absolute Gasteiger partial charge is 0.394 e. The highest BCUT2D eigenvalue weighted by Crippen LogP contribution is 2.22.